The Bertz CT molecular complexity index is 530. The number of alkyl halides is 1. The molecule has 0 spiro atoms. The van der Waals surface area contributed by atoms with Crippen LogP contribution in [-0.4, -0.2) is 17.3 Å². The predicted molar refractivity (Wildman–Crippen MR) is 66.1 cm³/mol. The van der Waals surface area contributed by atoms with Gasteiger partial charge in [0.2, 0.25) is 0 Å². The lowest BCUT2D eigenvalue weighted by molar-refractivity contribution is 0.387. The van der Waals surface area contributed by atoms with Crippen LogP contribution in [0.4, 0.5) is 4.39 Å². The van der Waals surface area contributed by atoms with Crippen molar-refractivity contribution >= 4 is 22.9 Å². The molecule has 1 aromatic heterocycles. The molecular weight excluding hydrogens is 263 g/mol. The lowest BCUT2D eigenvalue weighted by Crippen LogP contribution is -1.88. The summed E-state index contributed by atoms with van der Waals surface area (Å²) in [5.74, 6) is -0.204. The summed E-state index contributed by atoms with van der Waals surface area (Å²) in [6, 6.07) is 4.58. The summed E-state index contributed by atoms with van der Waals surface area (Å²) in [6.07, 6.45) is 0. The molecule has 0 radical (unpaired) electrons. The van der Waals surface area contributed by atoms with Gasteiger partial charge in [-0.25, -0.2) is 4.39 Å². The van der Waals surface area contributed by atoms with Crippen molar-refractivity contribution in [1.82, 2.24) is 10.2 Å². The van der Waals surface area contributed by atoms with Crippen molar-refractivity contribution in [3.63, 3.8) is 0 Å². The Hall–Kier alpha value is -1.20. The van der Waals surface area contributed by atoms with Crippen molar-refractivity contribution < 1.29 is 9.13 Å². The number of rotatable bonds is 3. The fourth-order valence-corrected chi connectivity index (χ4v) is 2.25. The Balaban J connectivity index is 2.38. The molecule has 2 aromatic rings. The maximum absolute atomic E-state index is 13.2. The van der Waals surface area contributed by atoms with Crippen LogP contribution in [0.25, 0.3) is 10.6 Å². The topological polar surface area (TPSA) is 35.0 Å². The molecule has 0 saturated heterocycles. The van der Waals surface area contributed by atoms with E-state index in [1.165, 1.54) is 24.5 Å². The lowest BCUT2D eigenvalue weighted by atomic mass is 10.2. The summed E-state index contributed by atoms with van der Waals surface area (Å²) >= 11 is 7.30. The highest BCUT2D eigenvalue weighted by Crippen LogP contribution is 2.31. The third-order valence-corrected chi connectivity index (χ3v) is 3.67. The van der Waals surface area contributed by atoms with Crippen molar-refractivity contribution in [3.8, 4) is 16.3 Å². The predicted octanol–water partition coefficient (Wildman–Crippen LogP) is 3.65. The van der Waals surface area contributed by atoms with Gasteiger partial charge in [-0.05, 0) is 25.1 Å². The average molecular weight is 273 g/mol. The third-order valence-electron chi connectivity index (χ3n) is 2.18. The standard InChI is InChI=1S/C11H10ClFN2OS/c1-6(12)10-14-15-11(17-10)7-3-4-8(13)9(5-7)16-2/h3-6H,1-2H3. The van der Waals surface area contributed by atoms with E-state index in [0.29, 0.717) is 5.01 Å². The van der Waals surface area contributed by atoms with E-state index in [0.717, 1.165) is 10.6 Å². The molecule has 0 amide bonds. The second-order valence-corrected chi connectivity index (χ2v) is 5.07. The first-order valence-electron chi connectivity index (χ1n) is 4.93. The Labute approximate surface area is 107 Å². The Kier molecular flexibility index (Phi) is 3.59. The van der Waals surface area contributed by atoms with Gasteiger partial charge in [-0.3, -0.25) is 0 Å². The van der Waals surface area contributed by atoms with Crippen molar-refractivity contribution in [1.29, 1.82) is 0 Å². The van der Waals surface area contributed by atoms with Crippen molar-refractivity contribution in [2.45, 2.75) is 12.3 Å². The monoisotopic (exact) mass is 272 g/mol. The molecular formula is C11H10ClFN2OS. The second kappa shape index (κ2) is 4.98. The minimum atomic E-state index is -0.397. The van der Waals surface area contributed by atoms with E-state index in [9.17, 15) is 4.39 Å². The highest BCUT2D eigenvalue weighted by molar-refractivity contribution is 7.15. The van der Waals surface area contributed by atoms with Gasteiger partial charge in [0.1, 0.15) is 10.0 Å². The van der Waals surface area contributed by atoms with Crippen LogP contribution in [0.5, 0.6) is 5.75 Å². The maximum atomic E-state index is 13.2. The number of hydrogen-bond donors (Lipinski definition) is 0. The summed E-state index contributed by atoms with van der Waals surface area (Å²) in [5, 5.41) is 9.25. The van der Waals surface area contributed by atoms with Gasteiger partial charge in [-0.1, -0.05) is 11.3 Å². The van der Waals surface area contributed by atoms with Gasteiger partial charge >= 0.3 is 0 Å². The van der Waals surface area contributed by atoms with Crippen LogP contribution in [-0.2, 0) is 0 Å². The van der Waals surface area contributed by atoms with Crippen LogP contribution in [0.2, 0.25) is 0 Å². The van der Waals surface area contributed by atoms with Gasteiger partial charge in [0, 0.05) is 5.56 Å². The van der Waals surface area contributed by atoms with Gasteiger partial charge < -0.3 is 4.74 Å². The zero-order valence-corrected chi connectivity index (χ0v) is 10.8. The number of hydrogen-bond acceptors (Lipinski definition) is 4. The van der Waals surface area contributed by atoms with E-state index >= 15 is 0 Å². The molecule has 1 heterocycles. The first kappa shape index (κ1) is 12.3. The van der Waals surface area contributed by atoms with Gasteiger partial charge in [-0.2, -0.15) is 0 Å². The van der Waals surface area contributed by atoms with Crippen LogP contribution in [0.15, 0.2) is 18.2 Å². The number of halogens is 2. The highest BCUT2D eigenvalue weighted by atomic mass is 35.5. The van der Waals surface area contributed by atoms with E-state index < -0.39 is 5.82 Å². The average Bonchev–Trinajstić information content (AvgIpc) is 2.79. The molecule has 0 aliphatic rings. The molecule has 2 rings (SSSR count). The molecule has 0 aliphatic carbocycles. The maximum Gasteiger partial charge on any atom is 0.165 e. The summed E-state index contributed by atoms with van der Waals surface area (Å²) in [5.41, 5.74) is 0.768. The molecule has 0 aliphatic heterocycles. The Morgan fingerprint density at radius 2 is 2.18 bits per heavy atom. The van der Waals surface area contributed by atoms with Gasteiger partial charge in [-0.15, -0.1) is 21.8 Å². The first-order chi connectivity index (χ1) is 8.11. The number of methoxy groups -OCH3 is 1. The van der Waals surface area contributed by atoms with E-state index in [-0.39, 0.29) is 11.1 Å². The molecule has 1 atom stereocenters. The quantitative estimate of drug-likeness (QED) is 0.800. The van der Waals surface area contributed by atoms with Crippen LogP contribution in [0.1, 0.15) is 17.3 Å². The number of nitrogens with zero attached hydrogens (tertiary/aromatic N) is 2. The molecule has 1 aromatic carbocycles. The molecule has 3 nitrogen and oxygen atoms in total. The smallest absolute Gasteiger partial charge is 0.165 e. The van der Waals surface area contributed by atoms with E-state index in [2.05, 4.69) is 10.2 Å². The van der Waals surface area contributed by atoms with Crippen LogP contribution in [0, 0.1) is 5.82 Å². The van der Waals surface area contributed by atoms with Gasteiger partial charge in [0.15, 0.2) is 11.6 Å². The van der Waals surface area contributed by atoms with Gasteiger partial charge in [0.25, 0.3) is 0 Å². The summed E-state index contributed by atoms with van der Waals surface area (Å²) in [6.45, 7) is 1.83. The largest absolute Gasteiger partial charge is 0.494 e. The molecule has 0 fully saturated rings. The lowest BCUT2D eigenvalue weighted by Gasteiger charge is -2.02. The van der Waals surface area contributed by atoms with E-state index in [1.54, 1.807) is 12.1 Å². The van der Waals surface area contributed by atoms with Crippen LogP contribution in [0.3, 0.4) is 0 Å². The molecule has 1 unspecified atom stereocenters. The SMILES string of the molecule is COc1cc(-c2nnc(C(C)Cl)s2)ccc1F. The zero-order chi connectivity index (χ0) is 12.4. The molecule has 0 N–H and O–H groups in total. The fourth-order valence-electron chi connectivity index (χ4n) is 1.30. The summed E-state index contributed by atoms with van der Waals surface area (Å²) < 4.78 is 18.2. The fraction of sp³-hybridized carbons (Fsp3) is 0.273. The molecule has 0 bridgehead atoms. The van der Waals surface area contributed by atoms with E-state index in [1.807, 2.05) is 6.92 Å². The zero-order valence-electron chi connectivity index (χ0n) is 9.28. The number of aromatic nitrogens is 2. The number of ether oxygens (including phenoxy) is 1. The Morgan fingerprint density at radius 3 is 2.76 bits per heavy atom. The second-order valence-electron chi connectivity index (χ2n) is 3.41. The minimum Gasteiger partial charge on any atom is -0.494 e. The first-order valence-corrected chi connectivity index (χ1v) is 6.18. The van der Waals surface area contributed by atoms with Crippen molar-refractivity contribution in [3.05, 3.63) is 29.0 Å². The molecule has 6 heteroatoms. The normalized spacial score (nSPS) is 12.5. The van der Waals surface area contributed by atoms with Crippen LogP contribution >= 0.6 is 22.9 Å². The minimum absolute atomic E-state index is 0.177. The molecule has 0 saturated carbocycles. The van der Waals surface area contributed by atoms with Crippen molar-refractivity contribution in [2.24, 2.45) is 0 Å². The third kappa shape index (κ3) is 2.56. The van der Waals surface area contributed by atoms with Crippen LogP contribution < -0.4 is 4.74 Å². The number of benzene rings is 1. The molecule has 17 heavy (non-hydrogen) atoms. The van der Waals surface area contributed by atoms with Crippen molar-refractivity contribution in [2.75, 3.05) is 7.11 Å². The highest BCUT2D eigenvalue weighted by Gasteiger charge is 2.12. The molecule has 90 valence electrons. The van der Waals surface area contributed by atoms with Gasteiger partial charge in [0.05, 0.1) is 12.5 Å². The summed E-state index contributed by atoms with van der Waals surface area (Å²) in [7, 11) is 1.43. The van der Waals surface area contributed by atoms with E-state index in [4.69, 9.17) is 16.3 Å². The Morgan fingerprint density at radius 1 is 1.41 bits per heavy atom. The summed E-state index contributed by atoms with van der Waals surface area (Å²) in [4.78, 5) is 0.